The Morgan fingerprint density at radius 2 is 1.90 bits per heavy atom. The fraction of sp³-hybridized carbons (Fsp3) is 0.606. The summed E-state index contributed by atoms with van der Waals surface area (Å²) in [5.74, 6) is 2.01. The average molecular weight is 575 g/mol. The van der Waals surface area contributed by atoms with E-state index in [4.69, 9.17) is 10.00 Å². The second kappa shape index (κ2) is 12.6. The standard InChI is InChI=1S/C33H43FN6O2/c1-42-32(41)37-30-8-3-7-29(30)33(23-39-13-4-14-39,27-5-2-6-28(34)17-27)26-11-15-38(16-12-26)20-25-21-40(22-25)31-10-9-24(18-35)19-36-31/h2,5-6,9-10,17,19,25-26,29-30H,3-4,7-8,11-16,20-23H2,1H3,(H,37,41)/t29-,30-,33-/m0/s1. The number of pyridine rings is 1. The molecule has 1 saturated carbocycles. The van der Waals surface area contributed by atoms with E-state index in [1.54, 1.807) is 18.3 Å². The monoisotopic (exact) mass is 574 g/mol. The predicted molar refractivity (Wildman–Crippen MR) is 160 cm³/mol. The third kappa shape index (κ3) is 5.84. The maximum atomic E-state index is 14.9. The van der Waals surface area contributed by atoms with Gasteiger partial charge in [-0.25, -0.2) is 14.2 Å². The molecule has 9 heteroatoms. The molecule has 0 unspecified atom stereocenters. The van der Waals surface area contributed by atoms with Crippen molar-refractivity contribution in [3.8, 4) is 6.07 Å². The number of carbonyl (C=O) groups excluding carboxylic acids is 1. The molecule has 224 valence electrons. The number of aromatic nitrogens is 1. The van der Waals surface area contributed by atoms with Crippen LogP contribution in [-0.2, 0) is 10.2 Å². The molecule has 4 fully saturated rings. The van der Waals surface area contributed by atoms with Crippen LogP contribution in [-0.4, -0.2) is 86.4 Å². The number of alkyl carbamates (subject to hydrolysis) is 1. The van der Waals surface area contributed by atoms with Crippen molar-refractivity contribution in [3.05, 3.63) is 59.5 Å². The van der Waals surface area contributed by atoms with Gasteiger partial charge in [-0.1, -0.05) is 18.6 Å². The number of methoxy groups -OCH3 is 1. The first-order valence-electron chi connectivity index (χ1n) is 15.6. The molecule has 4 aliphatic rings. The number of likely N-dealkylation sites (tertiary alicyclic amines) is 2. The Hall–Kier alpha value is -3.22. The minimum absolute atomic E-state index is 0.0248. The highest BCUT2D eigenvalue weighted by molar-refractivity contribution is 5.67. The minimum Gasteiger partial charge on any atom is -0.453 e. The van der Waals surface area contributed by atoms with Crippen molar-refractivity contribution in [1.29, 1.82) is 5.26 Å². The Labute approximate surface area is 248 Å². The third-order valence-corrected chi connectivity index (χ3v) is 10.5. The summed E-state index contributed by atoms with van der Waals surface area (Å²) < 4.78 is 19.9. The van der Waals surface area contributed by atoms with Crippen LogP contribution in [0.1, 0.15) is 49.7 Å². The Morgan fingerprint density at radius 1 is 1.10 bits per heavy atom. The van der Waals surface area contributed by atoms with Crippen LogP contribution in [0.3, 0.4) is 0 Å². The quantitative estimate of drug-likeness (QED) is 0.475. The highest BCUT2D eigenvalue weighted by Crippen LogP contribution is 2.51. The van der Waals surface area contributed by atoms with Crippen LogP contribution in [0, 0.1) is 34.9 Å². The van der Waals surface area contributed by atoms with E-state index >= 15 is 0 Å². The number of hydrogen-bond acceptors (Lipinski definition) is 7. The molecule has 0 bridgehead atoms. The first kappa shape index (κ1) is 28.9. The Morgan fingerprint density at radius 3 is 2.55 bits per heavy atom. The number of hydrogen-bond donors (Lipinski definition) is 1. The van der Waals surface area contributed by atoms with Gasteiger partial charge < -0.3 is 24.8 Å². The summed E-state index contributed by atoms with van der Waals surface area (Å²) in [4.78, 5) is 24.3. The second-order valence-corrected chi connectivity index (χ2v) is 12.8. The molecule has 42 heavy (non-hydrogen) atoms. The number of halogens is 1. The summed E-state index contributed by atoms with van der Waals surface area (Å²) >= 11 is 0. The van der Waals surface area contributed by atoms with Crippen LogP contribution in [0.2, 0.25) is 0 Å². The number of nitrogens with one attached hydrogen (secondary N) is 1. The van der Waals surface area contributed by atoms with Crippen molar-refractivity contribution >= 4 is 11.9 Å². The number of carbonyl (C=O) groups is 1. The topological polar surface area (TPSA) is 84.7 Å². The van der Waals surface area contributed by atoms with Gasteiger partial charge >= 0.3 is 6.09 Å². The summed E-state index contributed by atoms with van der Waals surface area (Å²) in [6.07, 6.45) is 7.64. The fourth-order valence-electron chi connectivity index (χ4n) is 8.25. The van der Waals surface area contributed by atoms with E-state index in [0.29, 0.717) is 17.4 Å². The highest BCUT2D eigenvalue weighted by atomic mass is 19.1. The number of rotatable bonds is 9. The summed E-state index contributed by atoms with van der Waals surface area (Å²) in [6, 6.07) is 13.3. The lowest BCUT2D eigenvalue weighted by Crippen LogP contribution is -2.60. The van der Waals surface area contributed by atoms with E-state index in [1.165, 1.54) is 13.5 Å². The molecular weight excluding hydrogens is 531 g/mol. The Balaban J connectivity index is 1.17. The van der Waals surface area contributed by atoms with Gasteiger partial charge in [0.05, 0.1) is 12.7 Å². The summed E-state index contributed by atoms with van der Waals surface area (Å²) in [5, 5.41) is 12.2. The molecule has 1 amide bonds. The summed E-state index contributed by atoms with van der Waals surface area (Å²) in [7, 11) is 1.43. The van der Waals surface area contributed by atoms with E-state index in [2.05, 4.69) is 37.1 Å². The van der Waals surface area contributed by atoms with E-state index in [-0.39, 0.29) is 29.3 Å². The van der Waals surface area contributed by atoms with Crippen LogP contribution in [0.5, 0.6) is 0 Å². The molecule has 2 aromatic rings. The van der Waals surface area contributed by atoms with E-state index in [0.717, 1.165) is 95.8 Å². The van der Waals surface area contributed by atoms with Crippen LogP contribution in [0.25, 0.3) is 0 Å². The van der Waals surface area contributed by atoms with Crippen LogP contribution in [0.4, 0.5) is 15.0 Å². The Bertz CT molecular complexity index is 1270. The van der Waals surface area contributed by atoms with Crippen LogP contribution >= 0.6 is 0 Å². The average Bonchev–Trinajstić information content (AvgIpc) is 3.43. The van der Waals surface area contributed by atoms with E-state index < -0.39 is 0 Å². The third-order valence-electron chi connectivity index (χ3n) is 10.5. The first-order chi connectivity index (χ1) is 20.5. The molecule has 0 spiro atoms. The van der Waals surface area contributed by atoms with Gasteiger partial charge in [0, 0.05) is 49.8 Å². The number of piperidine rings is 1. The fourth-order valence-corrected chi connectivity index (χ4v) is 8.25. The normalized spacial score (nSPS) is 25.2. The lowest BCUT2D eigenvalue weighted by atomic mass is 9.57. The van der Waals surface area contributed by atoms with Gasteiger partial charge in [0.25, 0.3) is 0 Å². The van der Waals surface area contributed by atoms with Gasteiger partial charge in [-0.15, -0.1) is 0 Å². The maximum absolute atomic E-state index is 14.9. The molecule has 3 atom stereocenters. The maximum Gasteiger partial charge on any atom is 0.407 e. The molecule has 6 rings (SSSR count). The molecule has 0 radical (unpaired) electrons. The van der Waals surface area contributed by atoms with Gasteiger partial charge in [0.2, 0.25) is 0 Å². The lowest BCUT2D eigenvalue weighted by molar-refractivity contribution is 0.0223. The van der Waals surface area contributed by atoms with E-state index in [9.17, 15) is 9.18 Å². The molecule has 3 saturated heterocycles. The van der Waals surface area contributed by atoms with Crippen molar-refractivity contribution in [2.75, 3.05) is 64.4 Å². The summed E-state index contributed by atoms with van der Waals surface area (Å²) in [6.45, 7) is 8.22. The van der Waals surface area contributed by atoms with E-state index in [1.807, 2.05) is 18.2 Å². The first-order valence-corrected chi connectivity index (χ1v) is 15.6. The highest BCUT2D eigenvalue weighted by Gasteiger charge is 2.53. The van der Waals surface area contributed by atoms with Crippen LogP contribution < -0.4 is 10.2 Å². The SMILES string of the molecule is COC(=O)N[C@H]1CCC[C@@H]1[C@](CN1CCC1)(c1cccc(F)c1)C1CCN(CC2CN(c3ccc(C#N)cn3)C2)CC1. The van der Waals surface area contributed by atoms with Gasteiger partial charge in [-0.3, -0.25) is 0 Å². The van der Waals surface area contributed by atoms with Crippen LogP contribution in [0.15, 0.2) is 42.6 Å². The molecule has 4 heterocycles. The van der Waals surface area contributed by atoms with Crippen molar-refractivity contribution in [3.63, 3.8) is 0 Å². The molecule has 1 aromatic carbocycles. The number of ether oxygens (including phenoxy) is 1. The molecule has 1 N–H and O–H groups in total. The number of benzene rings is 1. The van der Waals surface area contributed by atoms with Gasteiger partial charge in [-0.2, -0.15) is 5.26 Å². The molecule has 8 nitrogen and oxygen atoms in total. The van der Waals surface area contributed by atoms with Crippen molar-refractivity contribution in [1.82, 2.24) is 20.1 Å². The van der Waals surface area contributed by atoms with Crippen molar-refractivity contribution < 1.29 is 13.9 Å². The molecular formula is C33H43FN6O2. The lowest BCUT2D eigenvalue weighted by Gasteiger charge is -2.54. The van der Waals surface area contributed by atoms with Crippen molar-refractivity contribution in [2.45, 2.75) is 50.0 Å². The largest absolute Gasteiger partial charge is 0.453 e. The number of amides is 1. The molecule has 3 aliphatic heterocycles. The zero-order chi connectivity index (χ0) is 29.1. The number of nitrogens with zero attached hydrogens (tertiary/aromatic N) is 5. The summed E-state index contributed by atoms with van der Waals surface area (Å²) in [5.41, 5.74) is 1.46. The Kier molecular flexibility index (Phi) is 8.64. The molecule has 1 aliphatic carbocycles. The van der Waals surface area contributed by atoms with Gasteiger partial charge in [0.1, 0.15) is 17.7 Å². The van der Waals surface area contributed by atoms with Gasteiger partial charge in [0.15, 0.2) is 0 Å². The second-order valence-electron chi connectivity index (χ2n) is 12.8. The number of anilines is 1. The zero-order valence-corrected chi connectivity index (χ0v) is 24.7. The zero-order valence-electron chi connectivity index (χ0n) is 24.7. The van der Waals surface area contributed by atoms with Crippen molar-refractivity contribution in [2.24, 2.45) is 17.8 Å². The smallest absolute Gasteiger partial charge is 0.407 e. The molecule has 1 aromatic heterocycles. The predicted octanol–water partition coefficient (Wildman–Crippen LogP) is 4.41. The minimum atomic E-state index is -0.371. The van der Waals surface area contributed by atoms with Gasteiger partial charge in [-0.05, 0) is 99.9 Å². The number of nitriles is 1.